The summed E-state index contributed by atoms with van der Waals surface area (Å²) in [7, 11) is 1.32. The second-order valence-electron chi connectivity index (χ2n) is 5.03. The Hall–Kier alpha value is -1.56. The van der Waals surface area contributed by atoms with E-state index in [4.69, 9.17) is 4.74 Å². The van der Waals surface area contributed by atoms with Gasteiger partial charge in [0.1, 0.15) is 5.75 Å². The van der Waals surface area contributed by atoms with Gasteiger partial charge in [0.05, 0.1) is 17.1 Å². The fourth-order valence-corrected chi connectivity index (χ4v) is 1.96. The number of ether oxygens (including phenoxy) is 2. The summed E-state index contributed by atoms with van der Waals surface area (Å²) < 4.78 is 10.7. The summed E-state index contributed by atoms with van der Waals surface area (Å²) in [5.41, 5.74) is 0.412. The third kappa shape index (κ3) is 5.38. The minimum absolute atomic E-state index is 0.0762. The lowest BCUT2D eigenvalue weighted by atomic mass is 10.1. The first-order valence-electron chi connectivity index (χ1n) is 6.65. The van der Waals surface area contributed by atoms with Crippen molar-refractivity contribution >= 4 is 27.8 Å². The highest BCUT2D eigenvalue weighted by atomic mass is 79.9. The molecular weight excluding hydrogens is 338 g/mol. The van der Waals surface area contributed by atoms with Gasteiger partial charge in [0.2, 0.25) is 0 Å². The van der Waals surface area contributed by atoms with Crippen LogP contribution in [0.1, 0.15) is 31.1 Å². The van der Waals surface area contributed by atoms with Gasteiger partial charge in [0.15, 0.2) is 6.61 Å². The second-order valence-corrected chi connectivity index (χ2v) is 5.88. The molecule has 0 heterocycles. The van der Waals surface area contributed by atoms with Crippen molar-refractivity contribution in [2.45, 2.75) is 26.8 Å². The fraction of sp³-hybridized carbons (Fsp3) is 0.467. The summed E-state index contributed by atoms with van der Waals surface area (Å²) in [6.45, 7) is 5.94. The van der Waals surface area contributed by atoms with Crippen molar-refractivity contribution in [2.75, 3.05) is 13.7 Å². The van der Waals surface area contributed by atoms with Gasteiger partial charge in [0, 0.05) is 6.04 Å². The zero-order chi connectivity index (χ0) is 16.0. The molecule has 0 aliphatic heterocycles. The number of methoxy groups -OCH3 is 1. The molecule has 0 bridgehead atoms. The number of nitrogens with one attached hydrogen (secondary N) is 1. The molecule has 116 valence electrons. The highest BCUT2D eigenvalue weighted by Gasteiger charge is 2.13. The van der Waals surface area contributed by atoms with Gasteiger partial charge in [-0.25, -0.2) is 4.79 Å². The molecule has 1 aromatic rings. The fourth-order valence-electron chi connectivity index (χ4n) is 1.47. The molecule has 0 saturated heterocycles. The summed E-state index contributed by atoms with van der Waals surface area (Å²) >= 11 is 3.30. The standard InChI is InChI=1S/C15H20BrNO4/c1-9(2)10(3)17-14(18)8-21-13-6-5-11(7-12(13)16)15(19)20-4/h5-7,9-10H,8H2,1-4H3,(H,17,18). The van der Waals surface area contributed by atoms with Gasteiger partial charge in [0.25, 0.3) is 5.91 Å². The van der Waals surface area contributed by atoms with Gasteiger partial charge < -0.3 is 14.8 Å². The molecule has 1 rings (SSSR count). The average Bonchev–Trinajstić information content (AvgIpc) is 2.44. The van der Waals surface area contributed by atoms with Crippen LogP contribution in [0, 0.1) is 5.92 Å². The molecule has 0 aromatic heterocycles. The normalized spacial score (nSPS) is 11.9. The van der Waals surface area contributed by atoms with Crippen LogP contribution in [0.3, 0.4) is 0 Å². The maximum atomic E-state index is 11.7. The van der Waals surface area contributed by atoms with Crippen LogP contribution < -0.4 is 10.1 Å². The summed E-state index contributed by atoms with van der Waals surface area (Å²) in [5, 5.41) is 2.85. The van der Waals surface area contributed by atoms with E-state index in [1.807, 2.05) is 20.8 Å². The molecule has 0 aliphatic carbocycles. The van der Waals surface area contributed by atoms with E-state index in [1.165, 1.54) is 7.11 Å². The topological polar surface area (TPSA) is 64.6 Å². The molecule has 1 unspecified atom stereocenters. The van der Waals surface area contributed by atoms with Gasteiger partial charge in [-0.15, -0.1) is 0 Å². The molecule has 21 heavy (non-hydrogen) atoms. The maximum absolute atomic E-state index is 11.7. The van der Waals surface area contributed by atoms with Gasteiger partial charge >= 0.3 is 5.97 Å². The van der Waals surface area contributed by atoms with E-state index in [9.17, 15) is 9.59 Å². The Labute approximate surface area is 133 Å². The number of rotatable bonds is 6. The Kier molecular flexibility index (Phi) is 6.68. The highest BCUT2D eigenvalue weighted by Crippen LogP contribution is 2.26. The predicted octanol–water partition coefficient (Wildman–Crippen LogP) is 2.78. The highest BCUT2D eigenvalue weighted by molar-refractivity contribution is 9.10. The molecule has 0 saturated carbocycles. The number of esters is 1. The lowest BCUT2D eigenvalue weighted by molar-refractivity contribution is -0.124. The number of hydrogen-bond acceptors (Lipinski definition) is 4. The van der Waals surface area contributed by atoms with E-state index >= 15 is 0 Å². The first kappa shape index (κ1) is 17.5. The largest absolute Gasteiger partial charge is 0.483 e. The van der Waals surface area contributed by atoms with Crippen molar-refractivity contribution < 1.29 is 19.1 Å². The molecule has 1 N–H and O–H groups in total. The van der Waals surface area contributed by atoms with E-state index in [1.54, 1.807) is 18.2 Å². The zero-order valence-electron chi connectivity index (χ0n) is 12.6. The van der Waals surface area contributed by atoms with Crippen LogP contribution in [0.4, 0.5) is 0 Å². The number of benzene rings is 1. The van der Waals surface area contributed by atoms with Crippen molar-refractivity contribution in [1.29, 1.82) is 0 Å². The molecule has 0 aliphatic rings. The van der Waals surface area contributed by atoms with Gasteiger partial charge in [-0.2, -0.15) is 0 Å². The molecular formula is C15H20BrNO4. The van der Waals surface area contributed by atoms with E-state index in [-0.39, 0.29) is 18.6 Å². The smallest absolute Gasteiger partial charge is 0.337 e. The van der Waals surface area contributed by atoms with Crippen LogP contribution in [-0.4, -0.2) is 31.6 Å². The Balaban J connectivity index is 2.60. The number of carbonyl (C=O) groups excluding carboxylic acids is 2. The van der Waals surface area contributed by atoms with Crippen molar-refractivity contribution in [3.8, 4) is 5.75 Å². The molecule has 0 radical (unpaired) electrons. The molecule has 6 heteroatoms. The van der Waals surface area contributed by atoms with Crippen molar-refractivity contribution in [1.82, 2.24) is 5.32 Å². The van der Waals surface area contributed by atoms with Crippen LogP contribution in [0.25, 0.3) is 0 Å². The molecule has 1 aromatic carbocycles. The number of halogens is 1. The Morgan fingerprint density at radius 2 is 1.95 bits per heavy atom. The first-order chi connectivity index (χ1) is 9.85. The molecule has 1 atom stereocenters. The third-order valence-corrected chi connectivity index (χ3v) is 3.72. The summed E-state index contributed by atoms with van der Waals surface area (Å²) in [4.78, 5) is 23.1. The molecule has 1 amide bonds. The van der Waals surface area contributed by atoms with Crippen LogP contribution in [0.15, 0.2) is 22.7 Å². The first-order valence-corrected chi connectivity index (χ1v) is 7.44. The lowest BCUT2D eigenvalue weighted by Crippen LogP contribution is -2.38. The van der Waals surface area contributed by atoms with Gasteiger partial charge in [-0.1, -0.05) is 13.8 Å². The Bertz CT molecular complexity index is 516. The predicted molar refractivity (Wildman–Crippen MR) is 83.4 cm³/mol. The van der Waals surface area contributed by atoms with Gasteiger partial charge in [-0.3, -0.25) is 4.79 Å². The van der Waals surface area contributed by atoms with E-state index in [0.29, 0.717) is 21.7 Å². The molecule has 0 fully saturated rings. The molecule has 5 nitrogen and oxygen atoms in total. The SMILES string of the molecule is COC(=O)c1ccc(OCC(=O)NC(C)C(C)C)c(Br)c1. The van der Waals surface area contributed by atoms with Crippen LogP contribution >= 0.6 is 15.9 Å². The lowest BCUT2D eigenvalue weighted by Gasteiger charge is -2.17. The van der Waals surface area contributed by atoms with Crippen LogP contribution in [-0.2, 0) is 9.53 Å². The van der Waals surface area contributed by atoms with Crippen LogP contribution in [0.5, 0.6) is 5.75 Å². The minimum Gasteiger partial charge on any atom is -0.483 e. The third-order valence-electron chi connectivity index (χ3n) is 3.10. The summed E-state index contributed by atoms with van der Waals surface area (Å²) in [6, 6.07) is 4.89. The van der Waals surface area contributed by atoms with Gasteiger partial charge in [-0.05, 0) is 47.0 Å². The number of amides is 1. The van der Waals surface area contributed by atoms with Crippen LogP contribution in [0.2, 0.25) is 0 Å². The van der Waals surface area contributed by atoms with Crippen molar-refractivity contribution in [3.63, 3.8) is 0 Å². The summed E-state index contributed by atoms with van der Waals surface area (Å²) in [6.07, 6.45) is 0. The van der Waals surface area contributed by atoms with E-state index < -0.39 is 5.97 Å². The van der Waals surface area contributed by atoms with E-state index in [2.05, 4.69) is 26.0 Å². The minimum atomic E-state index is -0.425. The Morgan fingerprint density at radius 3 is 2.48 bits per heavy atom. The summed E-state index contributed by atoms with van der Waals surface area (Å²) in [5.74, 6) is 0.251. The Morgan fingerprint density at radius 1 is 1.29 bits per heavy atom. The average molecular weight is 358 g/mol. The molecule has 0 spiro atoms. The zero-order valence-corrected chi connectivity index (χ0v) is 14.2. The maximum Gasteiger partial charge on any atom is 0.337 e. The van der Waals surface area contributed by atoms with Crippen molar-refractivity contribution in [3.05, 3.63) is 28.2 Å². The number of hydrogen-bond donors (Lipinski definition) is 1. The monoisotopic (exact) mass is 357 g/mol. The van der Waals surface area contributed by atoms with E-state index in [0.717, 1.165) is 0 Å². The second kappa shape index (κ2) is 8.02. The quantitative estimate of drug-likeness (QED) is 0.795. The number of carbonyl (C=O) groups is 2. The van der Waals surface area contributed by atoms with Crippen molar-refractivity contribution in [2.24, 2.45) is 5.92 Å².